The molecule has 0 aliphatic carbocycles. The summed E-state index contributed by atoms with van der Waals surface area (Å²) in [6.45, 7) is 0. The summed E-state index contributed by atoms with van der Waals surface area (Å²) in [6.07, 6.45) is 0. The molecule has 6 heteroatoms. The number of halogens is 2. The van der Waals surface area contributed by atoms with Crippen LogP contribution in [0.15, 0.2) is 12.1 Å². The molecule has 3 nitrogen and oxygen atoms in total. The Bertz CT molecular complexity index is 364. The highest BCUT2D eigenvalue weighted by Gasteiger charge is 2.13. The second kappa shape index (κ2) is 3.87. The molecule has 0 aliphatic heterocycles. The van der Waals surface area contributed by atoms with E-state index in [1.807, 2.05) is 0 Å². The fourth-order valence-corrected chi connectivity index (χ4v) is 0.817. The smallest absolute Gasteiger partial charge is 0.504 e. The van der Waals surface area contributed by atoms with Crippen LogP contribution in [0.25, 0.3) is 0 Å². The van der Waals surface area contributed by atoms with Crippen LogP contribution < -0.4 is 4.65 Å². The lowest BCUT2D eigenvalue weighted by Crippen LogP contribution is -2.03. The molecule has 0 radical (unpaired) electrons. The van der Waals surface area contributed by atoms with Gasteiger partial charge in [-0.05, 0) is 12.1 Å². The maximum atomic E-state index is 13.0. The van der Waals surface area contributed by atoms with Crippen molar-refractivity contribution < 1.29 is 18.5 Å². The summed E-state index contributed by atoms with van der Waals surface area (Å²) in [4.78, 5) is 0. The molecular weight excluding hydrogens is 179 g/mol. The Kier molecular flexibility index (Phi) is 2.82. The predicted molar refractivity (Wildman–Crippen MR) is 41.1 cm³/mol. The maximum Gasteiger partial charge on any atom is 0.504 e. The van der Waals surface area contributed by atoms with E-state index in [0.29, 0.717) is 0 Å². The molecule has 0 saturated heterocycles. The van der Waals surface area contributed by atoms with E-state index >= 15 is 0 Å². The van der Waals surface area contributed by atoms with Gasteiger partial charge in [-0.3, -0.25) is 0 Å². The highest BCUT2D eigenvalue weighted by atomic mass is 19.1. The molecule has 66 valence electrons. The van der Waals surface area contributed by atoms with Crippen LogP contribution in [0, 0.1) is 23.0 Å². The normalized spacial score (nSPS) is 9.08. The third-order valence-electron chi connectivity index (χ3n) is 1.39. The average Bonchev–Trinajstić information content (AvgIpc) is 2.11. The van der Waals surface area contributed by atoms with Gasteiger partial charge in [0.05, 0.1) is 0 Å². The summed E-state index contributed by atoms with van der Waals surface area (Å²) < 4.78 is 30.1. The van der Waals surface area contributed by atoms with Crippen LogP contribution in [-0.4, -0.2) is 12.7 Å². The van der Waals surface area contributed by atoms with E-state index in [1.54, 1.807) is 0 Å². The Morgan fingerprint density at radius 3 is 2.69 bits per heavy atom. The summed E-state index contributed by atoms with van der Waals surface area (Å²) in [5, 5.41) is 16.7. The second-order valence-corrected chi connectivity index (χ2v) is 2.12. The van der Waals surface area contributed by atoms with Crippen molar-refractivity contribution in [3.63, 3.8) is 0 Å². The minimum atomic E-state index is -1.10. The van der Waals surface area contributed by atoms with Gasteiger partial charge >= 0.3 is 7.69 Å². The Balaban J connectivity index is 3.21. The van der Waals surface area contributed by atoms with E-state index < -0.39 is 24.9 Å². The molecule has 0 aliphatic rings. The number of nitrogens with zero attached hydrogens (tertiary/aromatic N) is 1. The number of hydrogen-bond acceptors (Lipinski definition) is 3. The summed E-state index contributed by atoms with van der Waals surface area (Å²) in [6, 6.07) is 3.25. The van der Waals surface area contributed by atoms with Crippen molar-refractivity contribution in [2.24, 2.45) is 0 Å². The van der Waals surface area contributed by atoms with Crippen molar-refractivity contribution in [2.75, 3.05) is 0 Å². The van der Waals surface area contributed by atoms with E-state index in [0.717, 1.165) is 12.1 Å². The van der Waals surface area contributed by atoms with Gasteiger partial charge in [0.15, 0.2) is 5.82 Å². The Morgan fingerprint density at radius 2 is 2.15 bits per heavy atom. The fourth-order valence-electron chi connectivity index (χ4n) is 0.817. The molecule has 0 atom stereocenters. The lowest BCUT2D eigenvalue weighted by molar-refractivity contribution is 0.428. The van der Waals surface area contributed by atoms with Crippen molar-refractivity contribution in [1.29, 1.82) is 5.26 Å². The molecule has 0 saturated carbocycles. The molecule has 0 heterocycles. The van der Waals surface area contributed by atoms with E-state index in [-0.39, 0.29) is 5.75 Å². The first-order chi connectivity index (χ1) is 6.20. The second-order valence-electron chi connectivity index (χ2n) is 2.12. The van der Waals surface area contributed by atoms with Gasteiger partial charge in [0.1, 0.15) is 23.2 Å². The lowest BCUT2D eigenvalue weighted by atomic mass is 10.2. The van der Waals surface area contributed by atoms with E-state index in [2.05, 4.69) is 4.65 Å². The van der Waals surface area contributed by atoms with Crippen molar-refractivity contribution in [1.82, 2.24) is 0 Å². The average molecular weight is 183 g/mol. The lowest BCUT2D eigenvalue weighted by Gasteiger charge is -2.04. The fraction of sp³-hybridized carbons (Fsp3) is 0. The SMILES string of the molecule is N#Cc1c(F)ccc(OBO)c1F. The van der Waals surface area contributed by atoms with Gasteiger partial charge in [-0.15, -0.1) is 0 Å². The van der Waals surface area contributed by atoms with E-state index in [1.165, 1.54) is 6.07 Å². The largest absolute Gasteiger partial charge is 0.537 e. The third kappa shape index (κ3) is 1.76. The zero-order valence-electron chi connectivity index (χ0n) is 6.42. The van der Waals surface area contributed by atoms with Gasteiger partial charge in [-0.25, -0.2) is 8.78 Å². The molecule has 0 amide bonds. The molecule has 1 rings (SSSR count). The van der Waals surface area contributed by atoms with Crippen LogP contribution >= 0.6 is 0 Å². The molecule has 0 fully saturated rings. The van der Waals surface area contributed by atoms with E-state index in [9.17, 15) is 8.78 Å². The molecule has 0 unspecified atom stereocenters. The summed E-state index contributed by atoms with van der Waals surface area (Å²) >= 11 is 0. The third-order valence-corrected chi connectivity index (χ3v) is 1.39. The molecule has 0 bridgehead atoms. The standard InChI is InChI=1S/C7H4BF2NO2/c9-5-1-2-6(13-8-12)7(10)4(5)3-11/h1-2,8,12H. The van der Waals surface area contributed by atoms with E-state index in [4.69, 9.17) is 10.3 Å². The highest BCUT2D eigenvalue weighted by Crippen LogP contribution is 2.21. The molecule has 1 aromatic carbocycles. The van der Waals surface area contributed by atoms with Gasteiger partial charge in [-0.1, -0.05) is 0 Å². The van der Waals surface area contributed by atoms with Crippen LogP contribution in [0.4, 0.5) is 8.78 Å². The Morgan fingerprint density at radius 1 is 1.46 bits per heavy atom. The van der Waals surface area contributed by atoms with Gasteiger partial charge in [0.25, 0.3) is 0 Å². The zero-order chi connectivity index (χ0) is 9.84. The molecule has 1 aromatic rings. The zero-order valence-corrected chi connectivity index (χ0v) is 6.42. The monoisotopic (exact) mass is 183 g/mol. The van der Waals surface area contributed by atoms with Gasteiger partial charge < -0.3 is 9.68 Å². The summed E-state index contributed by atoms with van der Waals surface area (Å²) in [5.74, 6) is -2.40. The molecule has 13 heavy (non-hydrogen) atoms. The van der Waals surface area contributed by atoms with Crippen molar-refractivity contribution in [3.8, 4) is 11.8 Å². The number of benzene rings is 1. The minimum Gasteiger partial charge on any atom is -0.537 e. The Hall–Kier alpha value is -1.61. The Labute approximate surface area is 73.5 Å². The minimum absolute atomic E-state index is 0.347. The number of hydrogen-bond donors (Lipinski definition) is 1. The first-order valence-corrected chi connectivity index (χ1v) is 3.32. The van der Waals surface area contributed by atoms with Gasteiger partial charge in [0.2, 0.25) is 0 Å². The number of nitriles is 1. The predicted octanol–water partition coefficient (Wildman–Crippen LogP) is 0.474. The summed E-state index contributed by atoms with van der Waals surface area (Å²) in [5.41, 5.74) is -0.717. The first-order valence-electron chi connectivity index (χ1n) is 3.32. The van der Waals surface area contributed by atoms with Crippen LogP contribution in [-0.2, 0) is 0 Å². The van der Waals surface area contributed by atoms with Crippen molar-refractivity contribution in [3.05, 3.63) is 29.3 Å². The van der Waals surface area contributed by atoms with Crippen LogP contribution in [0.2, 0.25) is 0 Å². The number of rotatable bonds is 2. The van der Waals surface area contributed by atoms with Crippen molar-refractivity contribution >= 4 is 7.69 Å². The van der Waals surface area contributed by atoms with Crippen LogP contribution in [0.5, 0.6) is 5.75 Å². The molecule has 0 spiro atoms. The topological polar surface area (TPSA) is 53.2 Å². The highest BCUT2D eigenvalue weighted by molar-refractivity contribution is 6.17. The van der Waals surface area contributed by atoms with Gasteiger partial charge in [0, 0.05) is 0 Å². The maximum absolute atomic E-state index is 13.0. The van der Waals surface area contributed by atoms with Gasteiger partial charge in [-0.2, -0.15) is 5.26 Å². The van der Waals surface area contributed by atoms with Crippen LogP contribution in [0.3, 0.4) is 0 Å². The first kappa shape index (κ1) is 9.48. The molecular formula is C7H4BF2NO2. The van der Waals surface area contributed by atoms with Crippen LogP contribution in [0.1, 0.15) is 5.56 Å². The quantitative estimate of drug-likeness (QED) is 0.678. The van der Waals surface area contributed by atoms with Crippen molar-refractivity contribution in [2.45, 2.75) is 0 Å². The molecule has 1 N–H and O–H groups in total. The summed E-state index contributed by atoms with van der Waals surface area (Å²) in [7, 11) is -0.729. The molecule has 0 aromatic heterocycles.